The summed E-state index contributed by atoms with van der Waals surface area (Å²) in [5, 5.41) is 9.31. The molecule has 1 fully saturated rings. The first-order valence-electron chi connectivity index (χ1n) is 6.49. The summed E-state index contributed by atoms with van der Waals surface area (Å²) in [5.41, 5.74) is 0.522. The molecule has 1 aliphatic heterocycles. The number of carbonyl (C=O) groups is 2. The fourth-order valence-corrected chi connectivity index (χ4v) is 2.52. The zero-order chi connectivity index (χ0) is 14.7. The van der Waals surface area contributed by atoms with Crippen molar-refractivity contribution in [3.05, 3.63) is 23.0 Å². The number of hydrogen-bond acceptors (Lipinski definition) is 3. The highest BCUT2D eigenvalue weighted by molar-refractivity contribution is 6.31. The van der Waals surface area contributed by atoms with Gasteiger partial charge in [-0.3, -0.25) is 9.59 Å². The zero-order valence-electron chi connectivity index (χ0n) is 11.2. The Hall–Kier alpha value is -1.53. The van der Waals surface area contributed by atoms with E-state index in [1.807, 2.05) is 6.92 Å². The molecule has 0 bridgehead atoms. The van der Waals surface area contributed by atoms with E-state index in [-0.39, 0.29) is 18.9 Å². The quantitative estimate of drug-likeness (QED) is 0.914. The van der Waals surface area contributed by atoms with Crippen LogP contribution in [-0.4, -0.2) is 52.3 Å². The Bertz CT molecular complexity index is 514. The normalized spacial score (nSPS) is 19.1. The molecule has 0 aliphatic carbocycles. The highest BCUT2D eigenvalue weighted by Crippen LogP contribution is 2.18. The third-order valence-corrected chi connectivity index (χ3v) is 3.46. The van der Waals surface area contributed by atoms with Crippen LogP contribution in [0.5, 0.6) is 0 Å². The van der Waals surface area contributed by atoms with Crippen molar-refractivity contribution >= 4 is 23.5 Å². The van der Waals surface area contributed by atoms with Gasteiger partial charge in [0.05, 0.1) is 24.2 Å². The van der Waals surface area contributed by atoms with E-state index in [4.69, 9.17) is 21.4 Å². The molecule has 110 valence electrons. The van der Waals surface area contributed by atoms with Gasteiger partial charge >= 0.3 is 5.97 Å². The van der Waals surface area contributed by atoms with E-state index in [1.54, 1.807) is 21.7 Å². The predicted octanol–water partition coefficient (Wildman–Crippen LogP) is 1.48. The second kappa shape index (κ2) is 6.28. The predicted molar refractivity (Wildman–Crippen MR) is 73.0 cm³/mol. The molecule has 0 saturated carbocycles. The Labute approximate surface area is 121 Å². The lowest BCUT2D eigenvalue weighted by Crippen LogP contribution is -2.46. The van der Waals surface area contributed by atoms with Crippen molar-refractivity contribution in [1.29, 1.82) is 0 Å². The maximum atomic E-state index is 12.5. The number of carboxylic acid groups (broad SMARTS) is 1. The van der Waals surface area contributed by atoms with Gasteiger partial charge in [0.1, 0.15) is 5.69 Å². The van der Waals surface area contributed by atoms with Crippen molar-refractivity contribution in [2.75, 3.05) is 19.7 Å². The highest BCUT2D eigenvalue weighted by Gasteiger charge is 2.28. The van der Waals surface area contributed by atoms with Gasteiger partial charge in [0.25, 0.3) is 5.91 Å². The molecule has 1 aromatic heterocycles. The monoisotopic (exact) mass is 300 g/mol. The lowest BCUT2D eigenvalue weighted by molar-refractivity contribution is -0.141. The van der Waals surface area contributed by atoms with Crippen molar-refractivity contribution in [2.45, 2.75) is 26.0 Å². The van der Waals surface area contributed by atoms with Gasteiger partial charge in [0.15, 0.2) is 0 Å². The number of aliphatic carboxylic acids is 1. The maximum Gasteiger partial charge on any atom is 0.306 e. The van der Waals surface area contributed by atoms with Crippen molar-refractivity contribution in [3.8, 4) is 0 Å². The molecule has 2 heterocycles. The minimum atomic E-state index is -0.927. The molecule has 0 spiro atoms. The van der Waals surface area contributed by atoms with Crippen LogP contribution in [0.1, 0.15) is 23.8 Å². The number of nitrogens with zero attached hydrogens (tertiary/aromatic N) is 2. The summed E-state index contributed by atoms with van der Waals surface area (Å²) in [4.78, 5) is 24.8. The summed E-state index contributed by atoms with van der Waals surface area (Å²) in [6.07, 6.45) is 1.16. The van der Waals surface area contributed by atoms with E-state index < -0.39 is 12.1 Å². The standard InChI is InChI=1S/C13H17ClN2O4/c1-2-15-7-9(14)5-11(15)13(19)16-3-4-20-10(8-16)6-12(17)18/h5,7,10H,2-4,6,8H2,1H3,(H,17,18). The fraction of sp³-hybridized carbons (Fsp3) is 0.538. The fourth-order valence-electron chi connectivity index (χ4n) is 2.30. The van der Waals surface area contributed by atoms with Gasteiger partial charge in [-0.05, 0) is 13.0 Å². The second-order valence-corrected chi connectivity index (χ2v) is 5.11. The van der Waals surface area contributed by atoms with Crippen LogP contribution in [0.2, 0.25) is 5.02 Å². The molecule has 1 unspecified atom stereocenters. The minimum absolute atomic E-state index is 0.0979. The van der Waals surface area contributed by atoms with Crippen molar-refractivity contribution in [2.24, 2.45) is 0 Å². The molecular formula is C13H17ClN2O4. The highest BCUT2D eigenvalue weighted by atomic mass is 35.5. The van der Waals surface area contributed by atoms with Crippen LogP contribution in [0.15, 0.2) is 12.3 Å². The third kappa shape index (κ3) is 3.32. The van der Waals surface area contributed by atoms with Crippen molar-refractivity contribution < 1.29 is 19.4 Å². The van der Waals surface area contributed by atoms with Crippen LogP contribution in [0.3, 0.4) is 0 Å². The molecule has 1 amide bonds. The number of morpholine rings is 1. The summed E-state index contributed by atoms with van der Waals surface area (Å²) in [5.74, 6) is -1.07. The van der Waals surface area contributed by atoms with E-state index in [9.17, 15) is 9.59 Å². The molecular weight excluding hydrogens is 284 g/mol. The molecule has 1 N–H and O–H groups in total. The van der Waals surface area contributed by atoms with E-state index in [0.29, 0.717) is 30.4 Å². The van der Waals surface area contributed by atoms with Gasteiger partial charge in [0.2, 0.25) is 0 Å². The lowest BCUT2D eigenvalue weighted by atomic mass is 10.2. The summed E-state index contributed by atoms with van der Waals surface area (Å²) in [7, 11) is 0. The van der Waals surface area contributed by atoms with Gasteiger partial charge in [-0.1, -0.05) is 11.6 Å². The third-order valence-electron chi connectivity index (χ3n) is 3.25. The molecule has 1 aliphatic rings. The first-order valence-corrected chi connectivity index (χ1v) is 6.87. The lowest BCUT2D eigenvalue weighted by Gasteiger charge is -2.32. The summed E-state index contributed by atoms with van der Waals surface area (Å²) in [6.45, 7) is 3.68. The van der Waals surface area contributed by atoms with Crippen LogP contribution in [0.25, 0.3) is 0 Å². The molecule has 0 radical (unpaired) electrons. The summed E-state index contributed by atoms with van der Waals surface area (Å²) < 4.78 is 7.14. The Morgan fingerprint density at radius 2 is 2.30 bits per heavy atom. The number of halogens is 1. The number of rotatable bonds is 4. The van der Waals surface area contributed by atoms with E-state index in [0.717, 1.165) is 0 Å². The van der Waals surface area contributed by atoms with E-state index in [2.05, 4.69) is 0 Å². The van der Waals surface area contributed by atoms with Gasteiger partial charge in [-0.25, -0.2) is 0 Å². The van der Waals surface area contributed by atoms with Crippen molar-refractivity contribution in [3.63, 3.8) is 0 Å². The first kappa shape index (κ1) is 14.9. The number of aromatic nitrogens is 1. The molecule has 6 nitrogen and oxygen atoms in total. The Morgan fingerprint density at radius 1 is 1.55 bits per heavy atom. The summed E-state index contributed by atoms with van der Waals surface area (Å²) in [6, 6.07) is 1.63. The topological polar surface area (TPSA) is 71.8 Å². The molecule has 1 saturated heterocycles. The molecule has 2 rings (SSSR count). The summed E-state index contributed by atoms with van der Waals surface area (Å²) >= 11 is 5.93. The smallest absolute Gasteiger partial charge is 0.306 e. The average molecular weight is 301 g/mol. The van der Waals surface area contributed by atoms with E-state index >= 15 is 0 Å². The second-order valence-electron chi connectivity index (χ2n) is 4.67. The average Bonchev–Trinajstić information content (AvgIpc) is 2.78. The van der Waals surface area contributed by atoms with E-state index in [1.165, 1.54) is 0 Å². The Morgan fingerprint density at radius 3 is 2.95 bits per heavy atom. The SMILES string of the molecule is CCn1cc(Cl)cc1C(=O)N1CCOC(CC(=O)O)C1. The molecule has 1 aromatic rings. The number of aryl methyl sites for hydroxylation is 1. The molecule has 0 aromatic carbocycles. The molecule has 7 heteroatoms. The zero-order valence-corrected chi connectivity index (χ0v) is 12.0. The minimum Gasteiger partial charge on any atom is -0.481 e. The van der Waals surface area contributed by atoms with Crippen LogP contribution >= 0.6 is 11.6 Å². The number of hydrogen-bond donors (Lipinski definition) is 1. The van der Waals surface area contributed by atoms with Crippen LogP contribution in [-0.2, 0) is 16.1 Å². The van der Waals surface area contributed by atoms with Gasteiger partial charge in [-0.2, -0.15) is 0 Å². The molecule has 1 atom stereocenters. The van der Waals surface area contributed by atoms with Crippen LogP contribution < -0.4 is 0 Å². The number of carboxylic acids is 1. The molecule has 20 heavy (non-hydrogen) atoms. The van der Waals surface area contributed by atoms with Gasteiger partial charge in [0, 0.05) is 25.8 Å². The number of amides is 1. The van der Waals surface area contributed by atoms with Gasteiger partial charge < -0.3 is 19.3 Å². The van der Waals surface area contributed by atoms with Crippen LogP contribution in [0.4, 0.5) is 0 Å². The first-order chi connectivity index (χ1) is 9.51. The Balaban J connectivity index is 2.10. The van der Waals surface area contributed by atoms with Crippen molar-refractivity contribution in [1.82, 2.24) is 9.47 Å². The van der Waals surface area contributed by atoms with Gasteiger partial charge in [-0.15, -0.1) is 0 Å². The Kier molecular flexibility index (Phi) is 4.67. The van der Waals surface area contributed by atoms with Crippen LogP contribution in [0, 0.1) is 0 Å². The number of ether oxygens (including phenoxy) is 1. The maximum absolute atomic E-state index is 12.5. The number of carbonyl (C=O) groups excluding carboxylic acids is 1. The largest absolute Gasteiger partial charge is 0.481 e.